The summed E-state index contributed by atoms with van der Waals surface area (Å²) in [6.45, 7) is 1.95. The van der Waals surface area contributed by atoms with Crippen molar-refractivity contribution in [2.45, 2.75) is 32.0 Å². The minimum atomic E-state index is -4.36. The number of benzene rings is 3. The molecule has 0 fully saturated rings. The minimum Gasteiger partial charge on any atom is -1.00 e. The zero-order valence-corrected chi connectivity index (χ0v) is 20.3. The van der Waals surface area contributed by atoms with Crippen molar-refractivity contribution in [3.63, 3.8) is 0 Å². The van der Waals surface area contributed by atoms with E-state index in [9.17, 15) is 18.0 Å². The molecule has 3 nitrogen and oxygen atoms in total. The van der Waals surface area contributed by atoms with Gasteiger partial charge in [0, 0.05) is 0 Å². The molecular weight excluding hydrogens is 440 g/mol. The van der Waals surface area contributed by atoms with Crippen molar-refractivity contribution in [3.05, 3.63) is 89.5 Å². The van der Waals surface area contributed by atoms with E-state index in [2.05, 4.69) is 11.8 Å². The monoisotopic (exact) mass is 462 g/mol. The molecule has 3 aromatic rings. The van der Waals surface area contributed by atoms with E-state index in [0.29, 0.717) is 11.3 Å². The Balaban J connectivity index is 0.00000289. The van der Waals surface area contributed by atoms with Gasteiger partial charge in [-0.25, -0.2) is 0 Å². The third-order valence-electron chi connectivity index (χ3n) is 4.86. The molecule has 0 bridgehead atoms. The Labute approximate surface area is 214 Å². The second kappa shape index (κ2) is 11.9. The van der Waals surface area contributed by atoms with Gasteiger partial charge in [-0.15, -0.1) is 5.92 Å². The van der Waals surface area contributed by atoms with E-state index in [1.165, 1.54) is 12.1 Å². The van der Waals surface area contributed by atoms with Gasteiger partial charge in [-0.1, -0.05) is 48.4 Å². The van der Waals surface area contributed by atoms with E-state index in [1.807, 2.05) is 24.3 Å². The van der Waals surface area contributed by atoms with Crippen LogP contribution in [0.5, 0.6) is 5.75 Å². The molecule has 0 spiro atoms. The van der Waals surface area contributed by atoms with Crippen LogP contribution in [0.15, 0.2) is 72.8 Å². The van der Waals surface area contributed by atoms with Crippen LogP contribution in [0.3, 0.4) is 0 Å². The number of halogens is 3. The summed E-state index contributed by atoms with van der Waals surface area (Å²) >= 11 is 0. The maximum absolute atomic E-state index is 12.8. The van der Waals surface area contributed by atoms with Crippen LogP contribution in [0, 0.1) is 11.8 Å². The van der Waals surface area contributed by atoms with Crippen molar-refractivity contribution >= 4 is 5.97 Å². The van der Waals surface area contributed by atoms with Gasteiger partial charge in [0.2, 0.25) is 0 Å². The van der Waals surface area contributed by atoms with Gasteiger partial charge in [0.1, 0.15) is 12.4 Å². The van der Waals surface area contributed by atoms with E-state index in [0.717, 1.165) is 28.8 Å². The fourth-order valence-electron chi connectivity index (χ4n) is 3.26. The fraction of sp³-hybridized carbons (Fsp3) is 0.192. The number of rotatable bonds is 7. The first-order valence-corrected chi connectivity index (χ1v) is 9.89. The van der Waals surface area contributed by atoms with Gasteiger partial charge in [0.05, 0.1) is 17.9 Å². The van der Waals surface area contributed by atoms with Crippen molar-refractivity contribution in [2.75, 3.05) is 0 Å². The van der Waals surface area contributed by atoms with Crippen LogP contribution in [0.1, 0.15) is 37.4 Å². The summed E-state index contributed by atoms with van der Waals surface area (Å²) in [5, 5.41) is 9.05. The molecule has 0 saturated carbocycles. The third-order valence-corrected chi connectivity index (χ3v) is 4.86. The smallest absolute Gasteiger partial charge is 1.00 e. The molecule has 0 saturated heterocycles. The quantitative estimate of drug-likeness (QED) is 0.431. The van der Waals surface area contributed by atoms with Crippen LogP contribution in [-0.4, -0.2) is 11.1 Å². The Kier molecular flexibility index (Phi) is 9.60. The predicted molar refractivity (Wildman–Crippen MR) is 117 cm³/mol. The minimum absolute atomic E-state index is 0. The average Bonchev–Trinajstić information content (AvgIpc) is 2.77. The number of hydrogen-bond acceptors (Lipinski definition) is 2. The normalized spacial score (nSPS) is 11.5. The number of carbonyl (C=O) groups is 1. The molecule has 0 aliphatic heterocycles. The Hall–Kier alpha value is -2.72. The number of alkyl halides is 3. The van der Waals surface area contributed by atoms with Crippen LogP contribution >= 0.6 is 0 Å². The van der Waals surface area contributed by atoms with Crippen LogP contribution in [0.4, 0.5) is 13.2 Å². The summed E-state index contributed by atoms with van der Waals surface area (Å²) < 4.78 is 44.1. The zero-order chi connectivity index (χ0) is 23.1. The van der Waals surface area contributed by atoms with Gasteiger partial charge < -0.3 is 11.3 Å². The fourth-order valence-corrected chi connectivity index (χ4v) is 3.26. The third kappa shape index (κ3) is 7.68. The van der Waals surface area contributed by atoms with Gasteiger partial charge in [-0.2, -0.15) is 13.2 Å². The number of ether oxygens (including phenoxy) is 1. The molecule has 33 heavy (non-hydrogen) atoms. The van der Waals surface area contributed by atoms with Crippen LogP contribution < -0.4 is 34.3 Å². The molecule has 3 aromatic carbocycles. The number of aliphatic carboxylic acids is 1. The molecule has 7 heteroatoms. The molecule has 0 aromatic heterocycles. The SMILES string of the molecule is CC#C[C@@H](CC(=O)O)c1ccc(OCc2cccc(-c3ccc(C(F)(F)F)cc3)c2)cc1.[H-].[Na+]. The van der Waals surface area contributed by atoms with Gasteiger partial charge in [-0.05, 0) is 59.5 Å². The number of carboxylic acids is 1. The number of hydrogen-bond donors (Lipinski definition) is 1. The first kappa shape index (κ1) is 26.5. The summed E-state index contributed by atoms with van der Waals surface area (Å²) in [6.07, 6.45) is -4.43. The van der Waals surface area contributed by atoms with Crippen molar-refractivity contribution < 1.29 is 58.8 Å². The molecule has 1 atom stereocenters. The van der Waals surface area contributed by atoms with Gasteiger partial charge in [0.25, 0.3) is 0 Å². The molecular formula is C26H22F3NaO3. The van der Waals surface area contributed by atoms with Gasteiger partial charge >= 0.3 is 41.7 Å². The first-order chi connectivity index (χ1) is 15.3. The standard InChI is InChI=1S/C26H21F3O3.Na.H/c1-2-4-21(16-25(30)31)20-9-13-24(14-10-20)32-17-18-5-3-6-22(15-18)19-7-11-23(12-8-19)26(27,28)29;;/h3,5-15,21H,16-17H2,1H3,(H,30,31);;/q;+1;-1/t21-;;/m0../s1. The Morgan fingerprint density at radius 1 is 1.03 bits per heavy atom. The van der Waals surface area contributed by atoms with Gasteiger partial charge in [-0.3, -0.25) is 4.79 Å². The first-order valence-electron chi connectivity index (χ1n) is 9.89. The topological polar surface area (TPSA) is 46.5 Å². The van der Waals surface area contributed by atoms with Crippen molar-refractivity contribution in [3.8, 4) is 28.7 Å². The van der Waals surface area contributed by atoms with E-state index >= 15 is 0 Å². The molecule has 3 rings (SSSR count). The van der Waals surface area contributed by atoms with E-state index in [4.69, 9.17) is 9.84 Å². The largest absolute Gasteiger partial charge is 1.00 e. The molecule has 0 aliphatic rings. The average molecular weight is 462 g/mol. The van der Waals surface area contributed by atoms with Crippen LogP contribution in [-0.2, 0) is 17.6 Å². The van der Waals surface area contributed by atoms with Crippen LogP contribution in [0.2, 0.25) is 0 Å². The molecule has 0 aliphatic carbocycles. The maximum atomic E-state index is 12.8. The molecule has 0 unspecified atom stereocenters. The van der Waals surface area contributed by atoms with E-state index in [-0.39, 0.29) is 49.9 Å². The Bertz CT molecular complexity index is 1130. The predicted octanol–water partition coefficient (Wildman–Crippen LogP) is 3.65. The number of carboxylic acid groups (broad SMARTS) is 1. The second-order valence-electron chi connectivity index (χ2n) is 7.18. The van der Waals surface area contributed by atoms with Crippen molar-refractivity contribution in [2.24, 2.45) is 0 Å². The molecule has 0 amide bonds. The Morgan fingerprint density at radius 2 is 1.70 bits per heavy atom. The molecule has 0 heterocycles. The van der Waals surface area contributed by atoms with Crippen molar-refractivity contribution in [1.29, 1.82) is 0 Å². The molecule has 0 radical (unpaired) electrons. The maximum Gasteiger partial charge on any atom is 1.00 e. The van der Waals surface area contributed by atoms with E-state index < -0.39 is 17.7 Å². The second-order valence-corrected chi connectivity index (χ2v) is 7.18. The van der Waals surface area contributed by atoms with Gasteiger partial charge in [0.15, 0.2) is 0 Å². The summed E-state index contributed by atoms with van der Waals surface area (Å²) in [6, 6.07) is 19.6. The Morgan fingerprint density at radius 3 is 2.27 bits per heavy atom. The zero-order valence-electron chi connectivity index (χ0n) is 19.3. The summed E-state index contributed by atoms with van der Waals surface area (Å²) in [7, 11) is 0. The molecule has 1 N–H and O–H groups in total. The van der Waals surface area contributed by atoms with Crippen molar-refractivity contribution in [1.82, 2.24) is 0 Å². The summed E-state index contributed by atoms with van der Waals surface area (Å²) in [5.74, 6) is 4.99. The molecule has 166 valence electrons. The van der Waals surface area contributed by atoms with Crippen LogP contribution in [0.25, 0.3) is 11.1 Å². The summed E-state index contributed by atoms with van der Waals surface area (Å²) in [4.78, 5) is 11.0. The summed E-state index contributed by atoms with van der Waals surface area (Å²) in [5.41, 5.74) is 2.47. The van der Waals surface area contributed by atoms with E-state index in [1.54, 1.807) is 31.2 Å².